The number of para-hydroxylation sites is 1. The fourth-order valence-electron chi connectivity index (χ4n) is 4.02. The van der Waals surface area contributed by atoms with Crippen molar-refractivity contribution in [1.82, 2.24) is 9.88 Å². The van der Waals surface area contributed by atoms with Gasteiger partial charge in [0.15, 0.2) is 0 Å². The van der Waals surface area contributed by atoms with Crippen LogP contribution in [-0.4, -0.2) is 28.9 Å². The molecule has 4 nitrogen and oxygen atoms in total. The number of nitrogens with one attached hydrogen (secondary N) is 1. The molecule has 1 saturated heterocycles. The van der Waals surface area contributed by atoms with Crippen molar-refractivity contribution in [2.75, 3.05) is 13.1 Å². The molecule has 1 unspecified atom stereocenters. The molecule has 3 N–H and O–H groups in total. The van der Waals surface area contributed by atoms with E-state index in [2.05, 4.69) is 35.3 Å². The van der Waals surface area contributed by atoms with Crippen molar-refractivity contribution < 1.29 is 4.79 Å². The number of piperidine rings is 1. The summed E-state index contributed by atoms with van der Waals surface area (Å²) in [7, 11) is 0. The van der Waals surface area contributed by atoms with Crippen LogP contribution >= 0.6 is 0 Å². The molecular formula is C22H25N3O. The van der Waals surface area contributed by atoms with E-state index in [1.54, 1.807) is 0 Å². The van der Waals surface area contributed by atoms with Crippen LogP contribution in [0.2, 0.25) is 0 Å². The van der Waals surface area contributed by atoms with E-state index in [0.29, 0.717) is 12.3 Å². The molecule has 0 spiro atoms. The van der Waals surface area contributed by atoms with Gasteiger partial charge in [0.25, 0.3) is 0 Å². The molecule has 1 aliphatic rings. The van der Waals surface area contributed by atoms with Crippen LogP contribution in [0.1, 0.15) is 42.3 Å². The SMILES string of the molecule is NC(CC(=O)N1CCC(c2ccccc2)CC1)c1c[nH]c2ccccc12. The Labute approximate surface area is 154 Å². The second-order valence-electron chi connectivity index (χ2n) is 7.17. The fraction of sp³-hybridized carbons (Fsp3) is 0.318. The number of aromatic amines is 1. The van der Waals surface area contributed by atoms with E-state index in [9.17, 15) is 4.79 Å². The Hall–Kier alpha value is -2.59. The van der Waals surface area contributed by atoms with Gasteiger partial charge >= 0.3 is 0 Å². The molecular weight excluding hydrogens is 322 g/mol. The Balaban J connectivity index is 1.37. The summed E-state index contributed by atoms with van der Waals surface area (Å²) in [6.45, 7) is 1.64. The number of hydrogen-bond donors (Lipinski definition) is 2. The summed E-state index contributed by atoms with van der Waals surface area (Å²) in [6, 6.07) is 18.4. The third-order valence-corrected chi connectivity index (χ3v) is 5.53. The van der Waals surface area contributed by atoms with Crippen LogP contribution in [0.25, 0.3) is 10.9 Å². The van der Waals surface area contributed by atoms with E-state index in [1.807, 2.05) is 35.4 Å². The normalized spacial score (nSPS) is 16.7. The molecule has 1 aliphatic heterocycles. The van der Waals surface area contributed by atoms with E-state index in [-0.39, 0.29) is 11.9 Å². The minimum atomic E-state index is -0.273. The summed E-state index contributed by atoms with van der Waals surface area (Å²) in [6.07, 6.45) is 4.35. The number of carbonyl (C=O) groups is 1. The molecule has 2 aromatic carbocycles. The van der Waals surface area contributed by atoms with Gasteiger partial charge in [0.1, 0.15) is 0 Å². The molecule has 0 radical (unpaired) electrons. The first-order chi connectivity index (χ1) is 12.7. The van der Waals surface area contributed by atoms with Crippen molar-refractivity contribution in [2.45, 2.75) is 31.2 Å². The quantitative estimate of drug-likeness (QED) is 0.750. The zero-order valence-electron chi connectivity index (χ0n) is 14.9. The van der Waals surface area contributed by atoms with Gasteiger partial charge in [0, 0.05) is 42.7 Å². The molecule has 0 saturated carbocycles. The molecule has 1 fully saturated rings. The van der Waals surface area contributed by atoms with E-state index in [0.717, 1.165) is 42.4 Å². The average Bonchev–Trinajstić information content (AvgIpc) is 3.13. The molecule has 1 amide bonds. The molecule has 26 heavy (non-hydrogen) atoms. The predicted octanol–water partition coefficient (Wildman–Crippen LogP) is 3.96. The van der Waals surface area contributed by atoms with Crippen molar-refractivity contribution in [3.8, 4) is 0 Å². The number of hydrogen-bond acceptors (Lipinski definition) is 2. The van der Waals surface area contributed by atoms with Gasteiger partial charge in [0.05, 0.1) is 0 Å². The molecule has 1 aromatic heterocycles. The second kappa shape index (κ2) is 7.34. The lowest BCUT2D eigenvalue weighted by molar-refractivity contribution is -0.132. The molecule has 0 aliphatic carbocycles. The second-order valence-corrected chi connectivity index (χ2v) is 7.17. The van der Waals surface area contributed by atoms with Gasteiger partial charge in [-0.25, -0.2) is 0 Å². The first kappa shape index (κ1) is 16.9. The minimum Gasteiger partial charge on any atom is -0.361 e. The van der Waals surface area contributed by atoms with Crippen LogP contribution in [0, 0.1) is 0 Å². The number of benzene rings is 2. The van der Waals surface area contributed by atoms with Crippen LogP contribution < -0.4 is 5.73 Å². The molecule has 4 rings (SSSR count). The van der Waals surface area contributed by atoms with E-state index >= 15 is 0 Å². The minimum absolute atomic E-state index is 0.161. The zero-order chi connectivity index (χ0) is 17.9. The number of carbonyl (C=O) groups excluding carboxylic acids is 1. The summed E-state index contributed by atoms with van der Waals surface area (Å²) < 4.78 is 0. The molecule has 4 heteroatoms. The van der Waals surface area contributed by atoms with Crippen molar-refractivity contribution in [1.29, 1.82) is 0 Å². The van der Waals surface area contributed by atoms with Crippen molar-refractivity contribution in [2.24, 2.45) is 5.73 Å². The lowest BCUT2D eigenvalue weighted by Crippen LogP contribution is -2.39. The van der Waals surface area contributed by atoms with Crippen LogP contribution in [0.4, 0.5) is 0 Å². The first-order valence-corrected chi connectivity index (χ1v) is 9.36. The molecule has 134 valence electrons. The lowest BCUT2D eigenvalue weighted by Gasteiger charge is -2.33. The largest absolute Gasteiger partial charge is 0.361 e. The number of nitrogens with zero attached hydrogens (tertiary/aromatic N) is 1. The topological polar surface area (TPSA) is 62.1 Å². The van der Waals surface area contributed by atoms with E-state index < -0.39 is 0 Å². The van der Waals surface area contributed by atoms with Crippen molar-refractivity contribution >= 4 is 16.8 Å². The third kappa shape index (κ3) is 3.37. The Morgan fingerprint density at radius 3 is 2.54 bits per heavy atom. The summed E-state index contributed by atoms with van der Waals surface area (Å²) in [4.78, 5) is 17.9. The van der Waals surface area contributed by atoms with Gasteiger partial charge in [-0.05, 0) is 36.0 Å². The standard InChI is InChI=1S/C22H25N3O/c23-20(19-15-24-21-9-5-4-8-18(19)21)14-22(26)25-12-10-17(11-13-25)16-6-2-1-3-7-16/h1-9,15,17,20,24H,10-14,23H2. The predicted molar refractivity (Wildman–Crippen MR) is 105 cm³/mol. The number of likely N-dealkylation sites (tertiary alicyclic amines) is 1. The van der Waals surface area contributed by atoms with Crippen molar-refractivity contribution in [3.63, 3.8) is 0 Å². The number of fused-ring (bicyclic) bond motifs is 1. The smallest absolute Gasteiger partial charge is 0.224 e. The van der Waals surface area contributed by atoms with Crippen LogP contribution in [0.5, 0.6) is 0 Å². The van der Waals surface area contributed by atoms with Gasteiger partial charge in [-0.1, -0.05) is 48.5 Å². The summed E-state index contributed by atoms with van der Waals surface area (Å²) in [5.74, 6) is 0.719. The number of rotatable bonds is 4. The van der Waals surface area contributed by atoms with Crippen LogP contribution in [0.3, 0.4) is 0 Å². The Kier molecular flexibility index (Phi) is 4.76. The Bertz CT molecular complexity index is 879. The first-order valence-electron chi connectivity index (χ1n) is 9.36. The highest BCUT2D eigenvalue weighted by atomic mass is 16.2. The molecule has 2 heterocycles. The maximum absolute atomic E-state index is 12.7. The highest BCUT2D eigenvalue weighted by molar-refractivity contribution is 5.85. The number of aromatic nitrogens is 1. The summed E-state index contributed by atoms with van der Waals surface area (Å²) >= 11 is 0. The van der Waals surface area contributed by atoms with Gasteiger partial charge in [0.2, 0.25) is 5.91 Å². The monoisotopic (exact) mass is 347 g/mol. The summed E-state index contributed by atoms with van der Waals surface area (Å²) in [5, 5.41) is 1.11. The van der Waals surface area contributed by atoms with Gasteiger partial charge < -0.3 is 15.6 Å². The van der Waals surface area contributed by atoms with Gasteiger partial charge in [-0.15, -0.1) is 0 Å². The van der Waals surface area contributed by atoms with Gasteiger partial charge in [-0.2, -0.15) is 0 Å². The molecule has 3 aromatic rings. The number of H-pyrrole nitrogens is 1. The Morgan fingerprint density at radius 2 is 1.77 bits per heavy atom. The van der Waals surface area contributed by atoms with Crippen LogP contribution in [0.15, 0.2) is 60.8 Å². The van der Waals surface area contributed by atoms with Gasteiger partial charge in [-0.3, -0.25) is 4.79 Å². The maximum atomic E-state index is 12.7. The molecule has 0 bridgehead atoms. The lowest BCUT2D eigenvalue weighted by atomic mass is 9.89. The number of amides is 1. The molecule has 1 atom stereocenters. The third-order valence-electron chi connectivity index (χ3n) is 5.53. The van der Waals surface area contributed by atoms with E-state index in [1.165, 1.54) is 5.56 Å². The maximum Gasteiger partial charge on any atom is 0.224 e. The number of nitrogens with two attached hydrogens (primary N) is 1. The average molecular weight is 347 g/mol. The summed E-state index contributed by atoms with van der Waals surface area (Å²) in [5.41, 5.74) is 9.83. The highest BCUT2D eigenvalue weighted by Gasteiger charge is 2.25. The van der Waals surface area contributed by atoms with Crippen molar-refractivity contribution in [3.05, 3.63) is 71.9 Å². The van der Waals surface area contributed by atoms with Crippen LogP contribution in [-0.2, 0) is 4.79 Å². The highest BCUT2D eigenvalue weighted by Crippen LogP contribution is 2.29. The van der Waals surface area contributed by atoms with E-state index in [4.69, 9.17) is 5.73 Å². The zero-order valence-corrected chi connectivity index (χ0v) is 14.9. The Morgan fingerprint density at radius 1 is 1.08 bits per heavy atom. The fourth-order valence-corrected chi connectivity index (χ4v) is 4.02.